The molecule has 0 bridgehead atoms. The number of halogens is 1. The van der Waals surface area contributed by atoms with Crippen LogP contribution in [0.3, 0.4) is 0 Å². The number of benzene rings is 1. The summed E-state index contributed by atoms with van der Waals surface area (Å²) in [6.45, 7) is 2.00. The monoisotopic (exact) mass is 236 g/mol. The van der Waals surface area contributed by atoms with Gasteiger partial charge in [0.05, 0.1) is 11.7 Å². The molecule has 4 heteroatoms. The third kappa shape index (κ3) is 2.33. The molecule has 0 saturated heterocycles. The molecule has 16 heavy (non-hydrogen) atoms. The Morgan fingerprint density at radius 2 is 2.19 bits per heavy atom. The van der Waals surface area contributed by atoms with Crippen LogP contribution in [0.1, 0.15) is 17.8 Å². The van der Waals surface area contributed by atoms with E-state index in [2.05, 4.69) is 5.32 Å². The number of nitrogen functional groups attached to an aromatic ring is 1. The van der Waals surface area contributed by atoms with Gasteiger partial charge in [-0.2, -0.15) is 0 Å². The van der Waals surface area contributed by atoms with E-state index in [9.17, 15) is 4.39 Å². The van der Waals surface area contributed by atoms with Crippen molar-refractivity contribution in [2.45, 2.75) is 13.0 Å². The molecule has 0 aliphatic rings. The fraction of sp³-hybridized carbons (Fsp3) is 0.167. The molecule has 0 amide bonds. The SMILES string of the molecule is CC(Nc1ccc(N)cc1F)c1cccs1. The fourth-order valence-corrected chi connectivity index (χ4v) is 2.22. The first-order valence-electron chi connectivity index (χ1n) is 5.02. The average Bonchev–Trinajstić information content (AvgIpc) is 2.75. The van der Waals surface area contributed by atoms with E-state index in [4.69, 9.17) is 5.73 Å². The molecular formula is C12H13FN2S. The molecule has 0 spiro atoms. The lowest BCUT2D eigenvalue weighted by Gasteiger charge is -2.14. The van der Waals surface area contributed by atoms with Crippen molar-refractivity contribution >= 4 is 22.7 Å². The molecule has 3 N–H and O–H groups in total. The number of hydrogen-bond acceptors (Lipinski definition) is 3. The molecule has 2 rings (SSSR count). The third-order valence-electron chi connectivity index (χ3n) is 2.34. The summed E-state index contributed by atoms with van der Waals surface area (Å²) in [6.07, 6.45) is 0. The van der Waals surface area contributed by atoms with E-state index in [1.54, 1.807) is 23.5 Å². The molecule has 0 saturated carbocycles. The molecule has 0 radical (unpaired) electrons. The predicted molar refractivity (Wildman–Crippen MR) is 67.2 cm³/mol. The van der Waals surface area contributed by atoms with Gasteiger partial charge >= 0.3 is 0 Å². The summed E-state index contributed by atoms with van der Waals surface area (Å²) in [5.74, 6) is -0.316. The lowest BCUT2D eigenvalue weighted by molar-refractivity contribution is 0.628. The number of nitrogens with two attached hydrogens (primary N) is 1. The molecule has 1 heterocycles. The van der Waals surface area contributed by atoms with E-state index in [-0.39, 0.29) is 11.9 Å². The molecule has 84 valence electrons. The average molecular weight is 236 g/mol. The predicted octanol–water partition coefficient (Wildman–Crippen LogP) is 3.64. The highest BCUT2D eigenvalue weighted by atomic mass is 32.1. The number of anilines is 2. The van der Waals surface area contributed by atoms with Gasteiger partial charge in [-0.15, -0.1) is 11.3 Å². The number of thiophene rings is 1. The zero-order chi connectivity index (χ0) is 11.5. The Bertz CT molecular complexity index is 468. The maximum atomic E-state index is 13.5. The van der Waals surface area contributed by atoms with Crippen molar-refractivity contribution in [1.29, 1.82) is 0 Å². The van der Waals surface area contributed by atoms with E-state index in [0.29, 0.717) is 11.4 Å². The molecular weight excluding hydrogens is 223 g/mol. The van der Waals surface area contributed by atoms with Crippen LogP contribution in [0.4, 0.5) is 15.8 Å². The Morgan fingerprint density at radius 3 is 2.81 bits per heavy atom. The molecule has 1 unspecified atom stereocenters. The largest absolute Gasteiger partial charge is 0.399 e. The van der Waals surface area contributed by atoms with Gasteiger partial charge in [-0.25, -0.2) is 4.39 Å². The van der Waals surface area contributed by atoms with Gasteiger partial charge in [-0.3, -0.25) is 0 Å². The topological polar surface area (TPSA) is 38.0 Å². The van der Waals surface area contributed by atoms with Crippen LogP contribution in [0.5, 0.6) is 0 Å². The second kappa shape index (κ2) is 4.53. The molecule has 0 aliphatic carbocycles. The molecule has 0 fully saturated rings. The van der Waals surface area contributed by atoms with E-state index >= 15 is 0 Å². The Labute approximate surface area is 97.9 Å². The van der Waals surface area contributed by atoms with Crippen molar-refractivity contribution in [1.82, 2.24) is 0 Å². The van der Waals surface area contributed by atoms with Crippen LogP contribution in [-0.2, 0) is 0 Å². The Kier molecular flexibility index (Phi) is 3.10. The molecule has 2 aromatic rings. The van der Waals surface area contributed by atoms with E-state index < -0.39 is 0 Å². The number of hydrogen-bond donors (Lipinski definition) is 2. The molecule has 1 atom stereocenters. The number of rotatable bonds is 3. The summed E-state index contributed by atoms with van der Waals surface area (Å²) in [4.78, 5) is 1.18. The summed E-state index contributed by atoms with van der Waals surface area (Å²) < 4.78 is 13.5. The van der Waals surface area contributed by atoms with Crippen molar-refractivity contribution in [3.8, 4) is 0 Å². The first kappa shape index (κ1) is 11.0. The minimum Gasteiger partial charge on any atom is -0.399 e. The highest BCUT2D eigenvalue weighted by Gasteiger charge is 2.09. The molecule has 1 aromatic carbocycles. The first-order valence-corrected chi connectivity index (χ1v) is 5.90. The van der Waals surface area contributed by atoms with Crippen LogP contribution in [0.2, 0.25) is 0 Å². The van der Waals surface area contributed by atoms with Crippen LogP contribution in [-0.4, -0.2) is 0 Å². The third-order valence-corrected chi connectivity index (χ3v) is 3.39. The van der Waals surface area contributed by atoms with E-state index in [1.165, 1.54) is 10.9 Å². The normalized spacial score (nSPS) is 12.4. The zero-order valence-corrected chi connectivity index (χ0v) is 9.72. The Hall–Kier alpha value is -1.55. The highest BCUT2D eigenvalue weighted by Crippen LogP contribution is 2.25. The molecule has 0 aliphatic heterocycles. The maximum Gasteiger partial charge on any atom is 0.148 e. The smallest absolute Gasteiger partial charge is 0.148 e. The minimum atomic E-state index is -0.316. The van der Waals surface area contributed by atoms with Crippen LogP contribution in [0.25, 0.3) is 0 Å². The van der Waals surface area contributed by atoms with Crippen molar-refractivity contribution in [2.75, 3.05) is 11.1 Å². The van der Waals surface area contributed by atoms with Gasteiger partial charge in [0, 0.05) is 10.6 Å². The van der Waals surface area contributed by atoms with E-state index in [0.717, 1.165) is 0 Å². The number of nitrogens with one attached hydrogen (secondary N) is 1. The second-order valence-electron chi connectivity index (χ2n) is 3.62. The zero-order valence-electron chi connectivity index (χ0n) is 8.91. The van der Waals surface area contributed by atoms with Crippen LogP contribution >= 0.6 is 11.3 Å². The van der Waals surface area contributed by atoms with Crippen molar-refractivity contribution < 1.29 is 4.39 Å². The van der Waals surface area contributed by atoms with Gasteiger partial charge in [0.25, 0.3) is 0 Å². The van der Waals surface area contributed by atoms with Crippen molar-refractivity contribution in [2.24, 2.45) is 0 Å². The van der Waals surface area contributed by atoms with Crippen molar-refractivity contribution in [3.05, 3.63) is 46.4 Å². The van der Waals surface area contributed by atoms with Gasteiger partial charge in [0.2, 0.25) is 0 Å². The summed E-state index contributed by atoms with van der Waals surface area (Å²) in [5, 5.41) is 5.13. The fourth-order valence-electron chi connectivity index (χ4n) is 1.49. The van der Waals surface area contributed by atoms with Gasteiger partial charge in [0.15, 0.2) is 0 Å². The first-order chi connectivity index (χ1) is 7.66. The summed E-state index contributed by atoms with van der Waals surface area (Å²) in [5.41, 5.74) is 6.41. The minimum absolute atomic E-state index is 0.0955. The highest BCUT2D eigenvalue weighted by molar-refractivity contribution is 7.10. The lowest BCUT2D eigenvalue weighted by Crippen LogP contribution is -2.06. The van der Waals surface area contributed by atoms with Crippen LogP contribution < -0.4 is 11.1 Å². The standard InChI is InChI=1S/C12H13FN2S/c1-8(12-3-2-6-16-12)15-11-5-4-9(14)7-10(11)13/h2-8,15H,14H2,1H3. The van der Waals surface area contributed by atoms with Gasteiger partial charge in [-0.1, -0.05) is 6.07 Å². The quantitative estimate of drug-likeness (QED) is 0.798. The van der Waals surface area contributed by atoms with Gasteiger partial charge < -0.3 is 11.1 Å². The lowest BCUT2D eigenvalue weighted by atomic mass is 10.2. The molecule has 1 aromatic heterocycles. The summed E-state index contributed by atoms with van der Waals surface area (Å²) >= 11 is 1.65. The van der Waals surface area contributed by atoms with Crippen LogP contribution in [0, 0.1) is 5.82 Å². The second-order valence-corrected chi connectivity index (χ2v) is 4.60. The Balaban J connectivity index is 2.15. The van der Waals surface area contributed by atoms with E-state index in [1.807, 2.05) is 24.4 Å². The molecule has 2 nitrogen and oxygen atoms in total. The Morgan fingerprint density at radius 1 is 1.38 bits per heavy atom. The van der Waals surface area contributed by atoms with Crippen LogP contribution in [0.15, 0.2) is 35.7 Å². The summed E-state index contributed by atoms with van der Waals surface area (Å²) in [7, 11) is 0. The van der Waals surface area contributed by atoms with Crippen molar-refractivity contribution in [3.63, 3.8) is 0 Å². The summed E-state index contributed by atoms with van der Waals surface area (Å²) in [6, 6.07) is 8.78. The van der Waals surface area contributed by atoms with Gasteiger partial charge in [0.1, 0.15) is 5.82 Å². The van der Waals surface area contributed by atoms with Gasteiger partial charge in [-0.05, 0) is 36.6 Å². The maximum absolute atomic E-state index is 13.5.